The van der Waals surface area contributed by atoms with E-state index in [1.54, 1.807) is 0 Å². The Morgan fingerprint density at radius 3 is 2.71 bits per heavy atom. The van der Waals surface area contributed by atoms with Crippen LogP contribution in [0.3, 0.4) is 0 Å². The molecule has 4 heteroatoms. The minimum Gasteiger partial charge on any atom is -0.398 e. The Morgan fingerprint density at radius 1 is 1.14 bits per heavy atom. The number of hydrogen-bond donors (Lipinski definition) is 2. The number of thiophene rings is 1. The van der Waals surface area contributed by atoms with Gasteiger partial charge in [0.05, 0.1) is 11.2 Å². The molecule has 0 aliphatic carbocycles. The Kier molecular flexibility index (Phi) is 3.90. The number of nitrogens with one attached hydrogen (secondary N) is 1. The highest BCUT2D eigenvalue weighted by molar-refractivity contribution is 7.12. The second-order valence-electron chi connectivity index (χ2n) is 5.28. The number of rotatable bonds is 4. The van der Waals surface area contributed by atoms with E-state index in [4.69, 9.17) is 5.73 Å². The molecule has 2 heterocycles. The van der Waals surface area contributed by atoms with E-state index in [1.807, 2.05) is 41.7 Å². The van der Waals surface area contributed by atoms with Crippen molar-refractivity contribution in [1.29, 1.82) is 0 Å². The van der Waals surface area contributed by atoms with Crippen molar-refractivity contribution in [2.75, 3.05) is 5.73 Å². The van der Waals surface area contributed by atoms with Gasteiger partial charge in [-0.1, -0.05) is 18.2 Å². The van der Waals surface area contributed by atoms with E-state index in [-0.39, 0.29) is 0 Å². The van der Waals surface area contributed by atoms with Gasteiger partial charge in [-0.25, -0.2) is 0 Å². The molecular weight excluding hydrogens is 278 g/mol. The van der Waals surface area contributed by atoms with Crippen molar-refractivity contribution >= 4 is 27.9 Å². The van der Waals surface area contributed by atoms with E-state index < -0.39 is 0 Å². The van der Waals surface area contributed by atoms with E-state index in [1.165, 1.54) is 15.3 Å². The third-order valence-corrected chi connectivity index (χ3v) is 4.78. The highest BCUT2D eigenvalue weighted by Crippen LogP contribution is 2.21. The summed E-state index contributed by atoms with van der Waals surface area (Å²) in [7, 11) is 0. The average molecular weight is 297 g/mol. The van der Waals surface area contributed by atoms with Gasteiger partial charge in [-0.3, -0.25) is 4.98 Å². The zero-order valence-electron chi connectivity index (χ0n) is 12.3. The Balaban J connectivity index is 1.70. The molecule has 0 fully saturated rings. The monoisotopic (exact) mass is 297 g/mol. The molecule has 0 aliphatic heterocycles. The third kappa shape index (κ3) is 3.06. The Hall–Kier alpha value is -1.91. The number of aryl methyl sites for hydroxylation is 2. The zero-order valence-corrected chi connectivity index (χ0v) is 13.1. The van der Waals surface area contributed by atoms with E-state index in [2.05, 4.69) is 30.2 Å². The predicted octanol–water partition coefficient (Wildman–Crippen LogP) is 3.79. The number of nitrogens with zero attached hydrogens (tertiary/aromatic N) is 1. The van der Waals surface area contributed by atoms with Crippen molar-refractivity contribution in [2.24, 2.45) is 0 Å². The van der Waals surface area contributed by atoms with Gasteiger partial charge in [0.15, 0.2) is 0 Å². The number of fused-ring (bicyclic) bond motifs is 1. The molecule has 0 radical (unpaired) electrons. The maximum Gasteiger partial charge on any atom is 0.0726 e. The number of benzene rings is 1. The van der Waals surface area contributed by atoms with Crippen LogP contribution in [0.15, 0.2) is 36.4 Å². The maximum atomic E-state index is 6.10. The first-order valence-electron chi connectivity index (χ1n) is 7.04. The smallest absolute Gasteiger partial charge is 0.0726 e. The molecule has 1 aromatic carbocycles. The Morgan fingerprint density at radius 2 is 1.95 bits per heavy atom. The lowest BCUT2D eigenvalue weighted by Gasteiger charge is -2.07. The van der Waals surface area contributed by atoms with Gasteiger partial charge >= 0.3 is 0 Å². The summed E-state index contributed by atoms with van der Waals surface area (Å²) < 4.78 is 0. The molecule has 3 rings (SSSR count). The first kappa shape index (κ1) is 14.0. The summed E-state index contributed by atoms with van der Waals surface area (Å²) in [5.74, 6) is 0. The fraction of sp³-hybridized carbons (Fsp3) is 0.235. The number of nitrogen functional groups attached to an aromatic ring is 1. The van der Waals surface area contributed by atoms with Gasteiger partial charge in [0.25, 0.3) is 0 Å². The zero-order chi connectivity index (χ0) is 14.8. The summed E-state index contributed by atoms with van der Waals surface area (Å²) in [6.07, 6.45) is 0. The van der Waals surface area contributed by atoms with Crippen LogP contribution < -0.4 is 11.1 Å². The topological polar surface area (TPSA) is 50.9 Å². The van der Waals surface area contributed by atoms with Crippen LogP contribution in [-0.4, -0.2) is 4.98 Å². The number of hydrogen-bond acceptors (Lipinski definition) is 4. The van der Waals surface area contributed by atoms with Crippen molar-refractivity contribution in [3.63, 3.8) is 0 Å². The Bertz CT molecular complexity index is 757. The molecule has 2 aromatic heterocycles. The van der Waals surface area contributed by atoms with Crippen molar-refractivity contribution < 1.29 is 0 Å². The van der Waals surface area contributed by atoms with E-state index >= 15 is 0 Å². The van der Waals surface area contributed by atoms with Crippen LogP contribution in [0.25, 0.3) is 10.9 Å². The van der Waals surface area contributed by atoms with Gasteiger partial charge in [0, 0.05) is 33.9 Å². The summed E-state index contributed by atoms with van der Waals surface area (Å²) >= 11 is 1.85. The number of anilines is 1. The molecule has 3 aromatic rings. The minimum absolute atomic E-state index is 0.727. The maximum absolute atomic E-state index is 6.10. The molecule has 0 aliphatic rings. The standard InChI is InChI=1S/C17H19N3S/c1-11-7-14(21-12(11)2)10-19-9-13-8-16(18)15-5-3-4-6-17(15)20-13/h3-8,19H,9-10H2,1-2H3,(H2,18,20). The lowest BCUT2D eigenvalue weighted by atomic mass is 10.1. The molecular formula is C17H19N3S. The molecule has 3 N–H and O–H groups in total. The Labute approximate surface area is 128 Å². The van der Waals surface area contributed by atoms with Crippen molar-refractivity contribution in [3.8, 4) is 0 Å². The van der Waals surface area contributed by atoms with Crippen LogP contribution in [0.5, 0.6) is 0 Å². The van der Waals surface area contributed by atoms with Crippen molar-refractivity contribution in [3.05, 3.63) is 57.4 Å². The lowest BCUT2D eigenvalue weighted by Crippen LogP contribution is -2.13. The van der Waals surface area contributed by atoms with E-state index in [0.29, 0.717) is 0 Å². The third-order valence-electron chi connectivity index (χ3n) is 3.62. The van der Waals surface area contributed by atoms with Gasteiger partial charge in [-0.2, -0.15) is 0 Å². The van der Waals surface area contributed by atoms with Crippen LogP contribution in [0.1, 0.15) is 21.0 Å². The van der Waals surface area contributed by atoms with Crippen LogP contribution >= 0.6 is 11.3 Å². The lowest BCUT2D eigenvalue weighted by molar-refractivity contribution is 0.689. The van der Waals surface area contributed by atoms with Crippen molar-refractivity contribution in [1.82, 2.24) is 10.3 Å². The van der Waals surface area contributed by atoms with Gasteiger partial charge in [0.2, 0.25) is 0 Å². The second kappa shape index (κ2) is 5.84. The highest BCUT2D eigenvalue weighted by Gasteiger charge is 2.04. The van der Waals surface area contributed by atoms with Crippen LogP contribution in [-0.2, 0) is 13.1 Å². The molecule has 0 saturated carbocycles. The summed E-state index contributed by atoms with van der Waals surface area (Å²) in [5.41, 5.74) is 10.2. The summed E-state index contributed by atoms with van der Waals surface area (Å²) in [6, 6.07) is 12.2. The normalized spacial score (nSPS) is 11.1. The van der Waals surface area contributed by atoms with Gasteiger partial charge in [0.1, 0.15) is 0 Å². The quantitative estimate of drug-likeness (QED) is 0.770. The highest BCUT2D eigenvalue weighted by atomic mass is 32.1. The van der Waals surface area contributed by atoms with Gasteiger partial charge < -0.3 is 11.1 Å². The van der Waals surface area contributed by atoms with Crippen LogP contribution in [0, 0.1) is 13.8 Å². The SMILES string of the molecule is Cc1cc(CNCc2cc(N)c3ccccc3n2)sc1C. The first-order valence-corrected chi connectivity index (χ1v) is 7.86. The molecule has 3 nitrogen and oxygen atoms in total. The van der Waals surface area contributed by atoms with Crippen molar-refractivity contribution in [2.45, 2.75) is 26.9 Å². The average Bonchev–Trinajstić information content (AvgIpc) is 2.78. The molecule has 0 atom stereocenters. The minimum atomic E-state index is 0.727. The summed E-state index contributed by atoms with van der Waals surface area (Å²) in [5, 5.41) is 4.46. The molecule has 0 unspecified atom stereocenters. The van der Waals surface area contributed by atoms with Gasteiger partial charge in [-0.15, -0.1) is 11.3 Å². The second-order valence-corrected chi connectivity index (χ2v) is 6.62. The largest absolute Gasteiger partial charge is 0.398 e. The van der Waals surface area contributed by atoms with E-state index in [0.717, 1.165) is 35.4 Å². The molecule has 0 spiro atoms. The summed E-state index contributed by atoms with van der Waals surface area (Å²) in [6.45, 7) is 5.91. The number of aromatic nitrogens is 1. The number of para-hydroxylation sites is 1. The molecule has 0 saturated heterocycles. The van der Waals surface area contributed by atoms with Gasteiger partial charge in [-0.05, 0) is 37.6 Å². The fourth-order valence-electron chi connectivity index (χ4n) is 2.40. The molecule has 0 bridgehead atoms. The predicted molar refractivity (Wildman–Crippen MR) is 90.5 cm³/mol. The molecule has 0 amide bonds. The van der Waals surface area contributed by atoms with Crippen LogP contribution in [0.4, 0.5) is 5.69 Å². The van der Waals surface area contributed by atoms with Crippen LogP contribution in [0.2, 0.25) is 0 Å². The first-order chi connectivity index (χ1) is 10.1. The fourth-order valence-corrected chi connectivity index (χ4v) is 3.42. The number of pyridine rings is 1. The van der Waals surface area contributed by atoms with E-state index in [9.17, 15) is 0 Å². The molecule has 108 valence electrons. The molecule has 21 heavy (non-hydrogen) atoms. The summed E-state index contributed by atoms with van der Waals surface area (Å²) in [4.78, 5) is 7.40. The number of nitrogens with two attached hydrogens (primary N) is 1.